The van der Waals surface area contributed by atoms with E-state index in [0.29, 0.717) is 15.7 Å². The Balaban J connectivity index is 1.92. The average Bonchev–Trinajstić information content (AvgIpc) is 2.98. The molecule has 0 saturated carbocycles. The molecule has 0 aliphatic heterocycles. The lowest BCUT2D eigenvalue weighted by Gasteiger charge is -2.04. The first-order valence-corrected chi connectivity index (χ1v) is 9.07. The second-order valence-corrected chi connectivity index (χ2v) is 7.28. The van der Waals surface area contributed by atoms with Gasteiger partial charge in [-0.2, -0.15) is 10.1 Å². The van der Waals surface area contributed by atoms with Gasteiger partial charge in [-0.1, -0.05) is 51.8 Å². The maximum Gasteiger partial charge on any atom is 0.300 e. The van der Waals surface area contributed by atoms with Gasteiger partial charge >= 0.3 is 5.56 Å². The molecule has 4 nitrogen and oxygen atoms in total. The van der Waals surface area contributed by atoms with Gasteiger partial charge in [0.1, 0.15) is 0 Å². The zero-order valence-electron chi connectivity index (χ0n) is 12.1. The molecular formula is C17H9BrClN3OS. The summed E-state index contributed by atoms with van der Waals surface area (Å²) in [6, 6.07) is 14.9. The molecule has 0 atom stereocenters. The highest BCUT2D eigenvalue weighted by Gasteiger charge is 2.13. The van der Waals surface area contributed by atoms with Crippen LogP contribution < -0.4 is 5.56 Å². The van der Waals surface area contributed by atoms with Crippen molar-refractivity contribution in [3.63, 3.8) is 0 Å². The van der Waals surface area contributed by atoms with Crippen LogP contribution in [0.4, 0.5) is 0 Å². The molecule has 2 aromatic carbocycles. The molecule has 0 fully saturated rings. The van der Waals surface area contributed by atoms with Gasteiger partial charge in [0.05, 0.1) is 5.69 Å². The predicted octanol–water partition coefficient (Wildman–Crippen LogP) is 4.90. The van der Waals surface area contributed by atoms with Gasteiger partial charge in [-0.15, -0.1) is 11.3 Å². The number of fused-ring (bicyclic) bond motifs is 1. The Morgan fingerprint density at radius 2 is 1.67 bits per heavy atom. The maximum atomic E-state index is 12.3. The first-order valence-electron chi connectivity index (χ1n) is 7.02. The summed E-state index contributed by atoms with van der Waals surface area (Å²) in [5, 5.41) is 7.14. The summed E-state index contributed by atoms with van der Waals surface area (Å²) >= 11 is 10.7. The van der Waals surface area contributed by atoms with Crippen molar-refractivity contribution in [1.82, 2.24) is 14.6 Å². The number of halogens is 2. The van der Waals surface area contributed by atoms with Gasteiger partial charge in [0.2, 0.25) is 4.96 Å². The van der Waals surface area contributed by atoms with E-state index in [2.05, 4.69) is 26.0 Å². The van der Waals surface area contributed by atoms with E-state index >= 15 is 0 Å². The van der Waals surface area contributed by atoms with Crippen LogP contribution in [0.25, 0.3) is 27.5 Å². The third kappa shape index (κ3) is 2.77. The quantitative estimate of drug-likeness (QED) is 0.465. The number of benzene rings is 2. The molecule has 0 saturated heterocycles. The van der Waals surface area contributed by atoms with Gasteiger partial charge in [-0.25, -0.2) is 4.52 Å². The highest BCUT2D eigenvalue weighted by atomic mass is 79.9. The van der Waals surface area contributed by atoms with Crippen LogP contribution in [-0.2, 0) is 0 Å². The second kappa shape index (κ2) is 6.12. The van der Waals surface area contributed by atoms with Crippen LogP contribution in [-0.4, -0.2) is 14.6 Å². The maximum absolute atomic E-state index is 12.3. The second-order valence-electron chi connectivity index (χ2n) is 5.09. The minimum atomic E-state index is -0.332. The molecular weight excluding hydrogens is 410 g/mol. The average molecular weight is 419 g/mol. The Morgan fingerprint density at radius 1 is 1.00 bits per heavy atom. The molecule has 0 bridgehead atoms. The SMILES string of the molecule is O=c1nc2scc(-c3ccc(Cl)cc3)n2nc1-c1ccc(Br)cc1. The Hall–Kier alpha value is -2.02. The van der Waals surface area contributed by atoms with E-state index in [1.807, 2.05) is 53.9 Å². The molecule has 118 valence electrons. The first kappa shape index (κ1) is 15.5. The van der Waals surface area contributed by atoms with E-state index < -0.39 is 0 Å². The lowest BCUT2D eigenvalue weighted by molar-refractivity contribution is 0.914. The van der Waals surface area contributed by atoms with E-state index in [0.717, 1.165) is 21.3 Å². The van der Waals surface area contributed by atoms with E-state index in [9.17, 15) is 4.79 Å². The zero-order chi connectivity index (χ0) is 16.7. The van der Waals surface area contributed by atoms with E-state index in [-0.39, 0.29) is 5.56 Å². The number of aromatic nitrogens is 3. The summed E-state index contributed by atoms with van der Waals surface area (Å²) in [7, 11) is 0. The topological polar surface area (TPSA) is 47.3 Å². The molecule has 24 heavy (non-hydrogen) atoms. The monoisotopic (exact) mass is 417 g/mol. The summed E-state index contributed by atoms with van der Waals surface area (Å²) in [6.07, 6.45) is 0. The van der Waals surface area contributed by atoms with Gasteiger partial charge in [0.25, 0.3) is 0 Å². The fourth-order valence-corrected chi connectivity index (χ4v) is 3.58. The van der Waals surface area contributed by atoms with Gasteiger partial charge < -0.3 is 0 Å². The van der Waals surface area contributed by atoms with Crippen molar-refractivity contribution in [3.05, 3.63) is 73.8 Å². The molecule has 0 amide bonds. The van der Waals surface area contributed by atoms with E-state index in [1.54, 1.807) is 4.52 Å². The minimum Gasteiger partial charge on any atom is -0.265 e. The number of nitrogens with zero attached hydrogens (tertiary/aromatic N) is 3. The minimum absolute atomic E-state index is 0.327. The summed E-state index contributed by atoms with van der Waals surface area (Å²) < 4.78 is 2.64. The molecule has 2 aromatic heterocycles. The lowest BCUT2D eigenvalue weighted by atomic mass is 10.1. The molecule has 0 N–H and O–H groups in total. The summed E-state index contributed by atoms with van der Waals surface area (Å²) in [5.41, 5.74) is 2.57. The predicted molar refractivity (Wildman–Crippen MR) is 101 cm³/mol. The molecule has 0 unspecified atom stereocenters. The van der Waals surface area contributed by atoms with Crippen molar-refractivity contribution in [2.75, 3.05) is 0 Å². The largest absolute Gasteiger partial charge is 0.300 e. The Morgan fingerprint density at radius 3 is 2.38 bits per heavy atom. The number of hydrogen-bond acceptors (Lipinski definition) is 4. The molecule has 0 spiro atoms. The van der Waals surface area contributed by atoms with Crippen LogP contribution in [0.2, 0.25) is 5.02 Å². The van der Waals surface area contributed by atoms with Gasteiger partial charge in [-0.05, 0) is 24.3 Å². The molecule has 0 aliphatic carbocycles. The van der Waals surface area contributed by atoms with Crippen molar-refractivity contribution in [2.24, 2.45) is 0 Å². The number of thiazole rings is 1. The van der Waals surface area contributed by atoms with Gasteiger partial charge in [0.15, 0.2) is 5.69 Å². The van der Waals surface area contributed by atoms with Crippen LogP contribution in [0.15, 0.2) is 63.2 Å². The van der Waals surface area contributed by atoms with Crippen LogP contribution in [0, 0.1) is 0 Å². The van der Waals surface area contributed by atoms with Crippen LogP contribution in [0.3, 0.4) is 0 Å². The molecule has 7 heteroatoms. The third-order valence-corrected chi connectivity index (χ3v) is 5.14. The fraction of sp³-hybridized carbons (Fsp3) is 0. The lowest BCUT2D eigenvalue weighted by Crippen LogP contribution is -2.14. The van der Waals surface area contributed by atoms with Crippen molar-refractivity contribution in [1.29, 1.82) is 0 Å². The highest BCUT2D eigenvalue weighted by Crippen LogP contribution is 2.26. The molecule has 0 radical (unpaired) electrons. The van der Waals surface area contributed by atoms with Crippen molar-refractivity contribution >= 4 is 43.8 Å². The Labute approximate surface area is 154 Å². The third-order valence-electron chi connectivity index (χ3n) is 3.54. The van der Waals surface area contributed by atoms with Crippen molar-refractivity contribution < 1.29 is 0 Å². The zero-order valence-corrected chi connectivity index (χ0v) is 15.3. The van der Waals surface area contributed by atoms with E-state index in [1.165, 1.54) is 11.3 Å². The van der Waals surface area contributed by atoms with Gasteiger partial charge in [-0.3, -0.25) is 4.79 Å². The van der Waals surface area contributed by atoms with Crippen LogP contribution in [0.5, 0.6) is 0 Å². The summed E-state index contributed by atoms with van der Waals surface area (Å²) in [6.45, 7) is 0. The number of hydrogen-bond donors (Lipinski definition) is 0. The fourth-order valence-electron chi connectivity index (χ4n) is 2.36. The normalized spacial score (nSPS) is 11.1. The van der Waals surface area contributed by atoms with E-state index in [4.69, 9.17) is 11.6 Å². The van der Waals surface area contributed by atoms with Gasteiger partial charge in [0, 0.05) is 26.0 Å². The Bertz CT molecular complexity index is 1090. The first-order chi connectivity index (χ1) is 11.6. The van der Waals surface area contributed by atoms with Crippen molar-refractivity contribution in [2.45, 2.75) is 0 Å². The molecule has 4 rings (SSSR count). The van der Waals surface area contributed by atoms with Crippen molar-refractivity contribution in [3.8, 4) is 22.5 Å². The number of rotatable bonds is 2. The summed E-state index contributed by atoms with van der Waals surface area (Å²) in [5.74, 6) is 0. The smallest absolute Gasteiger partial charge is 0.265 e. The molecule has 0 aliphatic rings. The molecule has 2 heterocycles. The standard InChI is InChI=1S/C17H9BrClN3OS/c18-12-5-1-11(2-6-12)15-16(23)20-17-22(21-15)14(9-24-17)10-3-7-13(19)8-4-10/h1-9H. The van der Waals surface area contributed by atoms with Crippen LogP contribution in [0.1, 0.15) is 0 Å². The Kier molecular flexibility index (Phi) is 3.96. The highest BCUT2D eigenvalue weighted by molar-refractivity contribution is 9.10. The summed E-state index contributed by atoms with van der Waals surface area (Å²) in [4.78, 5) is 17.0. The van der Waals surface area contributed by atoms with Crippen LogP contribution >= 0.6 is 38.9 Å². The molecule has 4 aromatic rings.